The molecule has 1 fully saturated rings. The van der Waals surface area contributed by atoms with Gasteiger partial charge < -0.3 is 4.52 Å². The molecule has 22 heavy (non-hydrogen) atoms. The van der Waals surface area contributed by atoms with Crippen LogP contribution in [-0.4, -0.2) is 16.0 Å². The molecule has 0 aliphatic heterocycles. The van der Waals surface area contributed by atoms with Gasteiger partial charge in [-0.2, -0.15) is 0 Å². The number of hydrogen-bond acceptors (Lipinski definition) is 6. The molecule has 0 radical (unpaired) electrons. The van der Waals surface area contributed by atoms with Gasteiger partial charge in [-0.3, -0.25) is 10.1 Å². The molecule has 1 amide bonds. The number of amides is 1. The topological polar surface area (TPSA) is 68.0 Å². The lowest BCUT2D eigenvalue weighted by molar-refractivity contribution is 0.102. The van der Waals surface area contributed by atoms with Crippen molar-refractivity contribution in [2.45, 2.75) is 25.7 Å². The Balaban J connectivity index is 1.52. The van der Waals surface area contributed by atoms with Gasteiger partial charge in [0.1, 0.15) is 11.8 Å². The maximum absolute atomic E-state index is 12.3. The Labute approximate surface area is 135 Å². The zero-order valence-electron chi connectivity index (χ0n) is 11.8. The number of thiophene rings is 1. The van der Waals surface area contributed by atoms with Gasteiger partial charge in [0.15, 0.2) is 5.13 Å². The highest BCUT2D eigenvalue weighted by molar-refractivity contribution is 7.17. The number of nitrogens with one attached hydrogen (secondary N) is 1. The van der Waals surface area contributed by atoms with E-state index in [0.29, 0.717) is 16.6 Å². The average Bonchev–Trinajstić information content (AvgIpc) is 2.94. The lowest BCUT2D eigenvalue weighted by atomic mass is 10.2. The lowest BCUT2D eigenvalue weighted by Crippen LogP contribution is -2.12. The number of rotatable bonds is 4. The van der Waals surface area contributed by atoms with Crippen molar-refractivity contribution in [2.75, 3.05) is 5.32 Å². The molecule has 5 nitrogen and oxygen atoms in total. The first-order valence-electron chi connectivity index (χ1n) is 6.98. The van der Waals surface area contributed by atoms with Crippen LogP contribution in [0.4, 0.5) is 5.13 Å². The van der Waals surface area contributed by atoms with Crippen LogP contribution in [0.15, 0.2) is 28.3 Å². The molecule has 0 spiro atoms. The number of nitrogens with zero attached hydrogens (tertiary/aromatic N) is 2. The normalized spacial score (nSPS) is 14.2. The van der Waals surface area contributed by atoms with Crippen molar-refractivity contribution in [3.63, 3.8) is 0 Å². The SMILES string of the molecule is Cc1ccc(-c2csc(NC(=O)c3conc3C3CC3)n2)s1. The van der Waals surface area contributed by atoms with E-state index in [9.17, 15) is 4.79 Å². The molecule has 0 bridgehead atoms. The van der Waals surface area contributed by atoms with Gasteiger partial charge in [0.2, 0.25) is 0 Å². The van der Waals surface area contributed by atoms with Crippen LogP contribution in [0.5, 0.6) is 0 Å². The van der Waals surface area contributed by atoms with E-state index in [-0.39, 0.29) is 5.91 Å². The lowest BCUT2D eigenvalue weighted by Gasteiger charge is -2.00. The molecule has 1 aliphatic carbocycles. The molecule has 1 N–H and O–H groups in total. The number of carbonyl (C=O) groups is 1. The number of aromatic nitrogens is 2. The summed E-state index contributed by atoms with van der Waals surface area (Å²) in [4.78, 5) is 19.2. The third kappa shape index (κ3) is 2.57. The predicted molar refractivity (Wildman–Crippen MR) is 86.6 cm³/mol. The van der Waals surface area contributed by atoms with Crippen LogP contribution in [0, 0.1) is 6.92 Å². The van der Waals surface area contributed by atoms with Crippen LogP contribution >= 0.6 is 22.7 Å². The monoisotopic (exact) mass is 331 g/mol. The van der Waals surface area contributed by atoms with E-state index < -0.39 is 0 Å². The van der Waals surface area contributed by atoms with Gasteiger partial charge in [-0.15, -0.1) is 22.7 Å². The molecule has 3 heterocycles. The summed E-state index contributed by atoms with van der Waals surface area (Å²) in [7, 11) is 0. The Bertz CT molecular complexity index is 829. The zero-order valence-corrected chi connectivity index (χ0v) is 13.5. The minimum Gasteiger partial charge on any atom is -0.364 e. The highest BCUT2D eigenvalue weighted by atomic mass is 32.1. The fraction of sp³-hybridized carbons (Fsp3) is 0.267. The predicted octanol–water partition coefficient (Wildman–Crippen LogP) is 4.30. The molecule has 4 rings (SSSR count). The molecule has 0 aromatic carbocycles. The minimum atomic E-state index is -0.202. The van der Waals surface area contributed by atoms with Gasteiger partial charge in [-0.1, -0.05) is 5.16 Å². The number of anilines is 1. The molecule has 0 saturated heterocycles. The summed E-state index contributed by atoms with van der Waals surface area (Å²) in [6, 6.07) is 4.11. The summed E-state index contributed by atoms with van der Waals surface area (Å²) in [5.41, 5.74) is 2.18. The van der Waals surface area contributed by atoms with E-state index in [4.69, 9.17) is 4.52 Å². The first-order chi connectivity index (χ1) is 10.7. The average molecular weight is 331 g/mol. The van der Waals surface area contributed by atoms with Crippen molar-refractivity contribution in [1.29, 1.82) is 0 Å². The van der Waals surface area contributed by atoms with Gasteiger partial charge in [0.25, 0.3) is 5.91 Å². The Morgan fingerprint density at radius 1 is 1.41 bits per heavy atom. The standard InChI is InChI=1S/C15H13N3O2S2/c1-8-2-5-12(22-8)11-7-21-15(16-11)17-14(19)10-6-20-18-13(10)9-3-4-9/h2,5-7,9H,3-4H2,1H3,(H,16,17,19). The van der Waals surface area contributed by atoms with E-state index >= 15 is 0 Å². The first-order valence-corrected chi connectivity index (χ1v) is 8.68. The summed E-state index contributed by atoms with van der Waals surface area (Å²) in [5, 5.41) is 9.33. The van der Waals surface area contributed by atoms with E-state index in [0.717, 1.165) is 29.1 Å². The second-order valence-corrected chi connectivity index (χ2v) is 7.44. The largest absolute Gasteiger partial charge is 0.364 e. The Morgan fingerprint density at radius 2 is 2.27 bits per heavy atom. The number of aryl methyl sites for hydroxylation is 1. The van der Waals surface area contributed by atoms with Gasteiger partial charge >= 0.3 is 0 Å². The molecule has 0 unspecified atom stereocenters. The molecule has 112 valence electrons. The molecule has 7 heteroatoms. The Kier molecular flexibility index (Phi) is 3.31. The molecular formula is C15H13N3O2S2. The molecule has 1 saturated carbocycles. The van der Waals surface area contributed by atoms with E-state index in [1.165, 1.54) is 22.5 Å². The minimum absolute atomic E-state index is 0.202. The molecule has 1 aliphatic rings. The van der Waals surface area contributed by atoms with Gasteiger partial charge in [0.05, 0.1) is 16.3 Å². The highest BCUT2D eigenvalue weighted by Crippen LogP contribution is 2.41. The van der Waals surface area contributed by atoms with Crippen LogP contribution in [-0.2, 0) is 0 Å². The van der Waals surface area contributed by atoms with Crippen molar-refractivity contribution < 1.29 is 9.32 Å². The maximum Gasteiger partial charge on any atom is 0.262 e. The summed E-state index contributed by atoms with van der Waals surface area (Å²) in [5.74, 6) is 0.173. The summed E-state index contributed by atoms with van der Waals surface area (Å²) in [6.45, 7) is 2.06. The molecule has 3 aromatic heterocycles. The fourth-order valence-electron chi connectivity index (χ4n) is 2.25. The van der Waals surface area contributed by atoms with Crippen LogP contribution < -0.4 is 5.32 Å². The van der Waals surface area contributed by atoms with E-state index in [2.05, 4.69) is 28.4 Å². The summed E-state index contributed by atoms with van der Waals surface area (Å²) < 4.78 is 4.96. The zero-order chi connectivity index (χ0) is 15.1. The molecular weight excluding hydrogens is 318 g/mol. The van der Waals surface area contributed by atoms with E-state index in [1.807, 2.05) is 11.4 Å². The van der Waals surface area contributed by atoms with Crippen molar-refractivity contribution in [3.05, 3.63) is 39.9 Å². The number of carbonyl (C=O) groups excluding carboxylic acids is 1. The van der Waals surface area contributed by atoms with Gasteiger partial charge in [-0.25, -0.2) is 4.98 Å². The number of thiazole rings is 1. The third-order valence-corrected chi connectivity index (χ3v) is 5.30. The van der Waals surface area contributed by atoms with Crippen molar-refractivity contribution in [3.8, 4) is 10.6 Å². The number of hydrogen-bond donors (Lipinski definition) is 1. The maximum atomic E-state index is 12.3. The van der Waals surface area contributed by atoms with Crippen LogP contribution in [0.1, 0.15) is 39.7 Å². The van der Waals surface area contributed by atoms with Crippen LogP contribution in [0.3, 0.4) is 0 Å². The first kappa shape index (κ1) is 13.7. The summed E-state index contributed by atoms with van der Waals surface area (Å²) in [6.07, 6.45) is 3.57. The van der Waals surface area contributed by atoms with Gasteiger partial charge in [0, 0.05) is 16.2 Å². The van der Waals surface area contributed by atoms with Gasteiger partial charge in [-0.05, 0) is 31.9 Å². The van der Waals surface area contributed by atoms with Crippen molar-refractivity contribution in [1.82, 2.24) is 10.1 Å². The second-order valence-electron chi connectivity index (χ2n) is 5.29. The van der Waals surface area contributed by atoms with Crippen molar-refractivity contribution in [2.24, 2.45) is 0 Å². The molecule has 3 aromatic rings. The van der Waals surface area contributed by atoms with Crippen molar-refractivity contribution >= 4 is 33.7 Å². The molecule has 0 atom stereocenters. The fourth-order valence-corrected chi connectivity index (χ4v) is 3.86. The second kappa shape index (κ2) is 5.33. The smallest absolute Gasteiger partial charge is 0.262 e. The van der Waals surface area contributed by atoms with Crippen LogP contribution in [0.25, 0.3) is 10.6 Å². The Morgan fingerprint density at radius 3 is 3.00 bits per heavy atom. The summed E-state index contributed by atoms with van der Waals surface area (Å²) >= 11 is 3.11. The van der Waals surface area contributed by atoms with E-state index in [1.54, 1.807) is 11.3 Å². The highest BCUT2D eigenvalue weighted by Gasteiger charge is 2.31. The third-order valence-electron chi connectivity index (χ3n) is 3.52. The quantitative estimate of drug-likeness (QED) is 0.774. The van der Waals surface area contributed by atoms with Crippen LogP contribution in [0.2, 0.25) is 0 Å². The Hall–Kier alpha value is -1.99.